The second-order valence-electron chi connectivity index (χ2n) is 20.0. The summed E-state index contributed by atoms with van der Waals surface area (Å²) in [6.45, 7) is 15.1. The van der Waals surface area contributed by atoms with Crippen molar-refractivity contribution in [2.24, 2.45) is 41.4 Å². The number of aliphatic hydroxyl groups is 2. The molecular weight excluding hydrogens is 831 g/mol. The van der Waals surface area contributed by atoms with Crippen molar-refractivity contribution >= 4 is 29.2 Å². The summed E-state index contributed by atoms with van der Waals surface area (Å²) in [5.41, 5.74) is 1.21. The second-order valence-corrected chi connectivity index (χ2v) is 20.0. The highest BCUT2D eigenvalue weighted by molar-refractivity contribution is 6.09. The van der Waals surface area contributed by atoms with Gasteiger partial charge in [0.25, 0.3) is 5.91 Å². The SMILES string of the molecule is CO[C@H]1C[C@@H]2CC[C@@H](C)C(=O)C(O)(O2)C(=O)N2CCCC[C@H]2C(=O)O[C@H]([C@H](C)C[C@@H]2CCC(C)[C@H](OC)C2)CC(=O)C(C)=CC(C)[C@@H](O)[C@@H](OC)C(=O)[C@H](C)C[C@H](C)C=CC=CC=C1C. The van der Waals surface area contributed by atoms with Gasteiger partial charge < -0.3 is 38.8 Å². The number of methoxy groups -OCH3 is 3. The number of cyclic esters (lactones) is 1. The van der Waals surface area contributed by atoms with Gasteiger partial charge in [0.1, 0.15) is 18.2 Å². The van der Waals surface area contributed by atoms with Crippen LogP contribution in [0.15, 0.2) is 47.6 Å². The monoisotopic (exact) mass is 912 g/mol. The Balaban J connectivity index is 1.74. The van der Waals surface area contributed by atoms with Gasteiger partial charge in [0.05, 0.1) is 24.4 Å². The summed E-state index contributed by atoms with van der Waals surface area (Å²) >= 11 is 0. The fourth-order valence-electron chi connectivity index (χ4n) is 10.4. The zero-order chi connectivity index (χ0) is 48.2. The Morgan fingerprint density at radius 3 is 2.25 bits per heavy atom. The molecule has 15 atom stereocenters. The van der Waals surface area contributed by atoms with Crippen molar-refractivity contribution in [3.8, 4) is 0 Å². The minimum atomic E-state index is -2.83. The van der Waals surface area contributed by atoms with E-state index in [1.807, 2.05) is 58.1 Å². The summed E-state index contributed by atoms with van der Waals surface area (Å²) < 4.78 is 29.8. The first-order valence-corrected chi connectivity index (χ1v) is 24.2. The zero-order valence-electron chi connectivity index (χ0n) is 41.2. The van der Waals surface area contributed by atoms with Crippen molar-refractivity contribution < 1.29 is 57.9 Å². The smallest absolute Gasteiger partial charge is 0.329 e. The number of amides is 1. The van der Waals surface area contributed by atoms with Crippen LogP contribution in [0.4, 0.5) is 0 Å². The largest absolute Gasteiger partial charge is 0.460 e. The molecule has 65 heavy (non-hydrogen) atoms. The fraction of sp³-hybridized carbons (Fsp3) is 0.750. The van der Waals surface area contributed by atoms with Crippen molar-refractivity contribution in [2.75, 3.05) is 27.9 Å². The standard InChI is InChI=1S/C52H81NO12/c1-31-17-13-12-14-18-32(2)44(62-10)29-40-23-21-34(4)49(57)52(60,65-40)51(59)53-24-16-15-19-41(53)50(58)64-45(36(6)27-39-22-20-33(3)43(28-39)61-9)30-42(54)35(5)26-38(8)47(56)48(63-11)46(55)37(7)25-31/h12-14,17-18,26,31,33-34,36-41,43-45,47-48,56,60H,15-16,19-25,27-30H2,1-11H3/t31-,33?,34-,36-,37-,38?,39+,40+,41+,43-,44+,45+,47-,48+,52?/m1/s1. The van der Waals surface area contributed by atoms with E-state index in [4.69, 9.17) is 23.7 Å². The maximum atomic E-state index is 14.7. The van der Waals surface area contributed by atoms with Crippen molar-refractivity contribution in [1.82, 2.24) is 4.90 Å². The van der Waals surface area contributed by atoms with Crippen LogP contribution in [0.1, 0.15) is 132 Å². The van der Waals surface area contributed by atoms with Crippen LogP contribution < -0.4 is 0 Å². The highest BCUT2D eigenvalue weighted by atomic mass is 16.6. The van der Waals surface area contributed by atoms with E-state index in [1.165, 1.54) is 12.0 Å². The van der Waals surface area contributed by atoms with Gasteiger partial charge in [-0.05, 0) is 113 Å². The van der Waals surface area contributed by atoms with Crippen LogP contribution in [0, 0.1) is 41.4 Å². The van der Waals surface area contributed by atoms with E-state index in [1.54, 1.807) is 41.1 Å². The molecule has 2 N–H and O–H groups in total. The topological polar surface area (TPSA) is 175 Å². The lowest BCUT2D eigenvalue weighted by Gasteiger charge is -2.40. The first kappa shape index (κ1) is 54.3. The number of hydrogen-bond donors (Lipinski definition) is 2. The van der Waals surface area contributed by atoms with Gasteiger partial charge in [-0.1, -0.05) is 78.0 Å². The third-order valence-electron chi connectivity index (χ3n) is 14.7. The number of hydrogen-bond acceptors (Lipinski definition) is 12. The molecule has 3 aliphatic heterocycles. The van der Waals surface area contributed by atoms with Gasteiger partial charge in [0, 0.05) is 58.5 Å². The number of carbonyl (C=O) groups excluding carboxylic acids is 5. The third-order valence-corrected chi connectivity index (χ3v) is 14.7. The highest BCUT2D eigenvalue weighted by Gasteiger charge is 2.55. The Morgan fingerprint density at radius 1 is 0.846 bits per heavy atom. The molecule has 4 aliphatic rings. The number of aliphatic hydroxyl groups excluding tert-OH is 1. The van der Waals surface area contributed by atoms with Crippen LogP contribution in [0.25, 0.3) is 0 Å². The number of rotatable bonds is 6. The molecule has 1 amide bonds. The maximum Gasteiger partial charge on any atom is 0.329 e. The molecule has 1 aliphatic carbocycles. The molecule has 13 heteroatoms. The molecule has 0 aromatic heterocycles. The number of piperidine rings is 1. The lowest BCUT2D eigenvalue weighted by molar-refractivity contribution is -0.231. The lowest BCUT2D eigenvalue weighted by atomic mass is 9.76. The van der Waals surface area contributed by atoms with E-state index in [0.29, 0.717) is 50.0 Å². The van der Waals surface area contributed by atoms with E-state index >= 15 is 0 Å². The van der Waals surface area contributed by atoms with Crippen LogP contribution >= 0.6 is 0 Å². The number of fused-ring (bicyclic) bond motifs is 3. The minimum Gasteiger partial charge on any atom is -0.460 e. The molecule has 1 saturated carbocycles. The van der Waals surface area contributed by atoms with E-state index in [9.17, 15) is 34.2 Å². The molecule has 4 rings (SSSR count). The maximum absolute atomic E-state index is 14.7. The summed E-state index contributed by atoms with van der Waals surface area (Å²) in [4.78, 5) is 72.2. The fourth-order valence-corrected chi connectivity index (χ4v) is 10.4. The van der Waals surface area contributed by atoms with Gasteiger partial charge in [-0.15, -0.1) is 0 Å². The van der Waals surface area contributed by atoms with Crippen molar-refractivity contribution in [3.63, 3.8) is 0 Å². The van der Waals surface area contributed by atoms with Crippen molar-refractivity contribution in [3.05, 3.63) is 47.6 Å². The second kappa shape index (κ2) is 25.2. The Morgan fingerprint density at radius 2 is 1.57 bits per heavy atom. The number of allylic oxidation sites excluding steroid dienone is 6. The average molecular weight is 912 g/mol. The van der Waals surface area contributed by atoms with E-state index in [2.05, 4.69) is 6.92 Å². The van der Waals surface area contributed by atoms with Crippen LogP contribution in [0.3, 0.4) is 0 Å². The summed E-state index contributed by atoms with van der Waals surface area (Å²) in [7, 11) is 4.70. The van der Waals surface area contributed by atoms with Gasteiger partial charge in [0.15, 0.2) is 11.6 Å². The number of ketones is 3. The van der Waals surface area contributed by atoms with Crippen LogP contribution in [-0.4, -0.2) is 121 Å². The molecule has 0 spiro atoms. The average Bonchev–Trinajstić information content (AvgIpc) is 3.39. The van der Waals surface area contributed by atoms with Crippen LogP contribution in [0.2, 0.25) is 0 Å². The predicted molar refractivity (Wildman–Crippen MR) is 248 cm³/mol. The number of ether oxygens (including phenoxy) is 5. The normalized spacial score (nSPS) is 37.8. The molecule has 366 valence electrons. The summed E-state index contributed by atoms with van der Waals surface area (Å²) in [5, 5.41) is 23.6. The quantitative estimate of drug-likeness (QED) is 0.199. The van der Waals surface area contributed by atoms with Gasteiger partial charge in [0.2, 0.25) is 5.78 Å². The van der Waals surface area contributed by atoms with Crippen LogP contribution in [-0.2, 0) is 47.7 Å². The molecule has 3 heterocycles. The van der Waals surface area contributed by atoms with Crippen LogP contribution in [0.5, 0.6) is 0 Å². The summed E-state index contributed by atoms with van der Waals surface area (Å²) in [6, 6.07) is -1.13. The third kappa shape index (κ3) is 14.3. The van der Waals surface area contributed by atoms with Crippen molar-refractivity contribution in [1.29, 1.82) is 0 Å². The number of nitrogens with zero attached hydrogens (tertiary/aromatic N) is 1. The Kier molecular flexibility index (Phi) is 21.0. The number of esters is 1. The molecule has 3 unspecified atom stereocenters. The Bertz CT molecular complexity index is 1750. The molecule has 2 saturated heterocycles. The van der Waals surface area contributed by atoms with Gasteiger partial charge >= 0.3 is 11.8 Å². The first-order chi connectivity index (χ1) is 30.7. The number of Topliss-reactive ketones (excluding diaryl/α,β-unsaturated/α-hetero) is 3. The lowest BCUT2D eigenvalue weighted by Crippen LogP contribution is -2.62. The van der Waals surface area contributed by atoms with Gasteiger partial charge in [-0.3, -0.25) is 19.2 Å². The molecule has 2 bridgehead atoms. The molecule has 0 radical (unpaired) electrons. The van der Waals surface area contributed by atoms with E-state index in [0.717, 1.165) is 24.8 Å². The molecule has 13 nitrogen and oxygen atoms in total. The summed E-state index contributed by atoms with van der Waals surface area (Å²) in [5.74, 6) is -7.11. The Hall–Kier alpha value is -3.33. The zero-order valence-corrected chi connectivity index (χ0v) is 41.2. The highest BCUT2D eigenvalue weighted by Crippen LogP contribution is 2.37. The molecule has 3 fully saturated rings. The van der Waals surface area contributed by atoms with Gasteiger partial charge in [-0.25, -0.2) is 4.79 Å². The predicted octanol–water partition coefficient (Wildman–Crippen LogP) is 7.46. The molecular formula is C52H81NO12. The minimum absolute atomic E-state index is 0.0285. The first-order valence-electron chi connectivity index (χ1n) is 24.2. The molecule has 0 aromatic carbocycles. The van der Waals surface area contributed by atoms with Crippen molar-refractivity contribution in [2.45, 2.75) is 181 Å². The van der Waals surface area contributed by atoms with Gasteiger partial charge in [-0.2, -0.15) is 0 Å². The Labute approximate surface area is 388 Å². The van der Waals surface area contributed by atoms with E-state index < -0.39 is 77.8 Å². The number of carbonyl (C=O) groups is 5. The summed E-state index contributed by atoms with van der Waals surface area (Å²) in [6.07, 6.45) is 13.2. The van der Waals surface area contributed by atoms with E-state index in [-0.39, 0.29) is 61.2 Å². The molecule has 0 aromatic rings.